The number of carbonyl (C=O) groups is 1. The Labute approximate surface area is 125 Å². The quantitative estimate of drug-likeness (QED) is 0.278. The van der Waals surface area contributed by atoms with Crippen LogP contribution in [0.5, 0.6) is 17.2 Å². The van der Waals surface area contributed by atoms with Crippen molar-refractivity contribution in [3.63, 3.8) is 0 Å². The van der Waals surface area contributed by atoms with Crippen molar-refractivity contribution in [3.05, 3.63) is 52.8 Å². The zero-order valence-electron chi connectivity index (χ0n) is 11.0. The second-order valence-electron chi connectivity index (χ2n) is 4.33. The summed E-state index contributed by atoms with van der Waals surface area (Å²) in [6.07, 6.45) is 0. The fraction of sp³-hybridized carbons (Fsp3) is 0.0714. The van der Waals surface area contributed by atoms with E-state index in [4.69, 9.17) is 9.47 Å². The van der Waals surface area contributed by atoms with Crippen LogP contribution < -0.4 is 14.2 Å². The number of ether oxygens (including phenoxy) is 3. The molecular formula is C14H5F5O4. The number of benzene rings is 2. The summed E-state index contributed by atoms with van der Waals surface area (Å²) in [5, 5.41) is 0. The Hall–Kier alpha value is -2.84. The Balaban J connectivity index is 2.01. The van der Waals surface area contributed by atoms with Crippen LogP contribution in [-0.2, 0) is 0 Å². The van der Waals surface area contributed by atoms with Gasteiger partial charge < -0.3 is 14.2 Å². The molecule has 9 heteroatoms. The van der Waals surface area contributed by atoms with E-state index in [9.17, 15) is 26.7 Å². The highest BCUT2D eigenvalue weighted by Crippen LogP contribution is 2.36. The van der Waals surface area contributed by atoms with Gasteiger partial charge in [0.15, 0.2) is 11.5 Å². The third-order valence-electron chi connectivity index (χ3n) is 2.98. The van der Waals surface area contributed by atoms with Crippen LogP contribution in [0.1, 0.15) is 10.4 Å². The number of halogens is 5. The van der Waals surface area contributed by atoms with Crippen LogP contribution >= 0.6 is 0 Å². The van der Waals surface area contributed by atoms with Crippen molar-refractivity contribution in [1.82, 2.24) is 0 Å². The van der Waals surface area contributed by atoms with Crippen LogP contribution in [0.2, 0.25) is 0 Å². The SMILES string of the molecule is O=C(Oc1c(F)c(F)c(F)c(F)c1F)c1cccc2c1OCO2. The summed E-state index contributed by atoms with van der Waals surface area (Å²) in [7, 11) is 0. The molecule has 0 radical (unpaired) electrons. The molecule has 0 saturated heterocycles. The first-order chi connectivity index (χ1) is 10.9. The average Bonchev–Trinajstić information content (AvgIpc) is 3.03. The van der Waals surface area contributed by atoms with Crippen molar-refractivity contribution in [2.75, 3.05) is 6.79 Å². The average molecular weight is 332 g/mol. The standard InChI is InChI=1S/C14H5F5O4/c15-7-8(16)10(18)13(11(19)9(7)17)23-14(20)5-2-1-3-6-12(5)22-4-21-6/h1-3H,4H2. The number of carbonyl (C=O) groups excluding carboxylic acids is 1. The Kier molecular flexibility index (Phi) is 3.55. The molecule has 3 rings (SSSR count). The van der Waals surface area contributed by atoms with Gasteiger partial charge in [-0.25, -0.2) is 18.0 Å². The Morgan fingerprint density at radius 3 is 2.17 bits per heavy atom. The summed E-state index contributed by atoms with van der Waals surface area (Å²) in [6.45, 7) is -0.192. The van der Waals surface area contributed by atoms with Gasteiger partial charge in [-0.3, -0.25) is 0 Å². The molecule has 0 aliphatic carbocycles. The highest BCUT2D eigenvalue weighted by molar-refractivity contribution is 5.95. The molecule has 0 spiro atoms. The van der Waals surface area contributed by atoms with E-state index in [1.807, 2.05) is 0 Å². The molecule has 0 saturated carbocycles. The van der Waals surface area contributed by atoms with Gasteiger partial charge in [-0.2, -0.15) is 8.78 Å². The van der Waals surface area contributed by atoms with E-state index in [0.29, 0.717) is 0 Å². The second-order valence-corrected chi connectivity index (χ2v) is 4.33. The molecule has 0 fully saturated rings. The molecule has 23 heavy (non-hydrogen) atoms. The first-order valence-electron chi connectivity index (χ1n) is 6.04. The lowest BCUT2D eigenvalue weighted by atomic mass is 10.2. The van der Waals surface area contributed by atoms with Crippen molar-refractivity contribution < 1.29 is 41.0 Å². The van der Waals surface area contributed by atoms with Gasteiger partial charge in [-0.05, 0) is 12.1 Å². The number of esters is 1. The number of rotatable bonds is 2. The van der Waals surface area contributed by atoms with Gasteiger partial charge in [0.2, 0.25) is 41.6 Å². The summed E-state index contributed by atoms with van der Waals surface area (Å²) in [5.41, 5.74) is -0.288. The van der Waals surface area contributed by atoms with Gasteiger partial charge in [-0.1, -0.05) is 6.07 Å². The topological polar surface area (TPSA) is 44.8 Å². The number of hydrogen-bond donors (Lipinski definition) is 0. The van der Waals surface area contributed by atoms with Crippen LogP contribution in [0.25, 0.3) is 0 Å². The molecule has 2 aromatic rings. The minimum absolute atomic E-state index is 0.0543. The van der Waals surface area contributed by atoms with Gasteiger partial charge in [0.1, 0.15) is 5.56 Å². The van der Waals surface area contributed by atoms with E-state index >= 15 is 0 Å². The Morgan fingerprint density at radius 1 is 0.913 bits per heavy atom. The van der Waals surface area contributed by atoms with E-state index in [2.05, 4.69) is 4.74 Å². The number of hydrogen-bond acceptors (Lipinski definition) is 4. The molecule has 120 valence electrons. The molecular weight excluding hydrogens is 327 g/mol. The highest BCUT2D eigenvalue weighted by atomic mass is 19.2. The monoisotopic (exact) mass is 332 g/mol. The first kappa shape index (κ1) is 15.1. The zero-order chi connectivity index (χ0) is 16.7. The predicted molar refractivity (Wildman–Crippen MR) is 63.8 cm³/mol. The maximum absolute atomic E-state index is 13.5. The minimum atomic E-state index is -2.35. The minimum Gasteiger partial charge on any atom is -0.454 e. The first-order valence-corrected chi connectivity index (χ1v) is 6.04. The summed E-state index contributed by atoms with van der Waals surface area (Å²) in [6, 6.07) is 4.00. The van der Waals surface area contributed by atoms with E-state index in [0.717, 1.165) is 0 Å². The maximum atomic E-state index is 13.5. The van der Waals surface area contributed by atoms with E-state index in [1.54, 1.807) is 0 Å². The Morgan fingerprint density at radius 2 is 1.52 bits per heavy atom. The van der Waals surface area contributed by atoms with E-state index < -0.39 is 40.8 Å². The van der Waals surface area contributed by atoms with Crippen molar-refractivity contribution in [1.29, 1.82) is 0 Å². The molecule has 0 N–H and O–H groups in total. The molecule has 0 unspecified atom stereocenters. The van der Waals surface area contributed by atoms with Crippen molar-refractivity contribution in [3.8, 4) is 17.2 Å². The van der Waals surface area contributed by atoms with Gasteiger partial charge in [-0.15, -0.1) is 0 Å². The smallest absolute Gasteiger partial charge is 0.347 e. The van der Waals surface area contributed by atoms with Crippen LogP contribution in [-0.4, -0.2) is 12.8 Å². The molecule has 0 aromatic heterocycles. The molecule has 4 nitrogen and oxygen atoms in total. The van der Waals surface area contributed by atoms with Crippen molar-refractivity contribution in [2.24, 2.45) is 0 Å². The summed E-state index contributed by atoms with van der Waals surface area (Å²) in [5.74, 6) is -14.2. The zero-order valence-corrected chi connectivity index (χ0v) is 11.0. The predicted octanol–water partition coefficient (Wildman–Crippen LogP) is 3.33. The van der Waals surface area contributed by atoms with Gasteiger partial charge in [0.05, 0.1) is 0 Å². The van der Waals surface area contributed by atoms with Gasteiger partial charge in [0.25, 0.3) is 0 Å². The molecule has 1 aliphatic heterocycles. The van der Waals surface area contributed by atoms with E-state index in [1.165, 1.54) is 18.2 Å². The molecule has 0 amide bonds. The Bertz CT molecular complexity index is 792. The summed E-state index contributed by atoms with van der Waals surface area (Å²) in [4.78, 5) is 12.0. The van der Waals surface area contributed by atoms with Crippen molar-refractivity contribution in [2.45, 2.75) is 0 Å². The fourth-order valence-corrected chi connectivity index (χ4v) is 1.91. The molecule has 0 atom stereocenters. The van der Waals surface area contributed by atoms with Crippen LogP contribution in [0.4, 0.5) is 22.0 Å². The fourth-order valence-electron chi connectivity index (χ4n) is 1.91. The number of fused-ring (bicyclic) bond motifs is 1. The third kappa shape index (κ3) is 2.33. The van der Waals surface area contributed by atoms with Gasteiger partial charge >= 0.3 is 5.97 Å². The normalized spacial score (nSPS) is 12.4. The lowest BCUT2D eigenvalue weighted by Crippen LogP contribution is -2.14. The number of para-hydroxylation sites is 1. The van der Waals surface area contributed by atoms with Crippen LogP contribution in [0.15, 0.2) is 18.2 Å². The molecule has 2 aromatic carbocycles. The highest BCUT2D eigenvalue weighted by Gasteiger charge is 2.30. The van der Waals surface area contributed by atoms with Crippen LogP contribution in [0.3, 0.4) is 0 Å². The third-order valence-corrected chi connectivity index (χ3v) is 2.98. The van der Waals surface area contributed by atoms with E-state index in [-0.39, 0.29) is 23.9 Å². The second kappa shape index (κ2) is 5.41. The molecule has 0 bridgehead atoms. The van der Waals surface area contributed by atoms with Crippen LogP contribution in [0, 0.1) is 29.1 Å². The maximum Gasteiger partial charge on any atom is 0.347 e. The lowest BCUT2D eigenvalue weighted by molar-refractivity contribution is 0.0711. The van der Waals surface area contributed by atoms with Gasteiger partial charge in [0, 0.05) is 0 Å². The largest absolute Gasteiger partial charge is 0.454 e. The summed E-state index contributed by atoms with van der Waals surface area (Å²) < 4.78 is 80.4. The lowest BCUT2D eigenvalue weighted by Gasteiger charge is -2.09. The molecule has 1 heterocycles. The molecule has 1 aliphatic rings. The van der Waals surface area contributed by atoms with Crippen molar-refractivity contribution >= 4 is 5.97 Å². The summed E-state index contributed by atoms with van der Waals surface area (Å²) >= 11 is 0.